The van der Waals surface area contributed by atoms with E-state index in [-0.39, 0.29) is 41.9 Å². The molecular formula is C20H19NO4. The number of rotatable bonds is 3. The zero-order valence-electron chi connectivity index (χ0n) is 13.9. The summed E-state index contributed by atoms with van der Waals surface area (Å²) in [6, 6.07) is 7.12. The van der Waals surface area contributed by atoms with Crippen LogP contribution in [-0.4, -0.2) is 29.7 Å². The van der Waals surface area contributed by atoms with Crippen LogP contribution in [0.1, 0.15) is 12.0 Å². The molecule has 25 heavy (non-hydrogen) atoms. The average Bonchev–Trinajstić information content (AvgIpc) is 3.39. The average molecular weight is 337 g/mol. The number of amides is 3. The topological polar surface area (TPSA) is 63.7 Å². The normalized spacial score (nSPS) is 37.1. The second-order valence-electron chi connectivity index (χ2n) is 7.59. The second kappa shape index (κ2) is 5.04. The van der Waals surface area contributed by atoms with Gasteiger partial charge in [-0.05, 0) is 47.8 Å². The van der Waals surface area contributed by atoms with Crippen LogP contribution >= 0.6 is 0 Å². The third-order valence-electron chi connectivity index (χ3n) is 6.43. The number of nitrogens with zero attached hydrogens (tertiary/aromatic N) is 1. The highest BCUT2D eigenvalue weighted by Gasteiger charge is 2.67. The Labute approximate surface area is 145 Å². The monoisotopic (exact) mass is 337 g/mol. The smallest absolute Gasteiger partial charge is 0.240 e. The first-order valence-electron chi connectivity index (χ1n) is 8.82. The number of carbonyl (C=O) groups is 3. The number of benzene rings is 1. The second-order valence-corrected chi connectivity index (χ2v) is 7.59. The van der Waals surface area contributed by atoms with Crippen LogP contribution in [0.2, 0.25) is 0 Å². The van der Waals surface area contributed by atoms with Crippen molar-refractivity contribution < 1.29 is 19.1 Å². The lowest BCUT2D eigenvalue weighted by molar-refractivity contribution is -0.150. The molecule has 1 aromatic carbocycles. The Balaban J connectivity index is 1.38. The lowest BCUT2D eigenvalue weighted by Gasteiger charge is -2.37. The summed E-state index contributed by atoms with van der Waals surface area (Å²) in [4.78, 5) is 39.4. The summed E-state index contributed by atoms with van der Waals surface area (Å²) < 4.78 is 5.11. The first-order chi connectivity index (χ1) is 12.1. The summed E-state index contributed by atoms with van der Waals surface area (Å²) in [7, 11) is 1.58. The van der Waals surface area contributed by atoms with Crippen LogP contribution in [0, 0.1) is 35.5 Å². The number of imide groups is 3. The van der Waals surface area contributed by atoms with Gasteiger partial charge >= 0.3 is 0 Å². The minimum absolute atomic E-state index is 0.0521. The van der Waals surface area contributed by atoms with Crippen molar-refractivity contribution in [3.05, 3.63) is 42.0 Å². The quantitative estimate of drug-likeness (QED) is 0.623. The highest BCUT2D eigenvalue weighted by Crippen LogP contribution is 2.65. The first-order valence-corrected chi connectivity index (χ1v) is 8.82. The fraction of sp³-hybridized carbons (Fsp3) is 0.450. The van der Waals surface area contributed by atoms with Gasteiger partial charge in [-0.25, -0.2) is 4.90 Å². The first kappa shape index (κ1) is 14.9. The molecule has 1 heterocycles. The van der Waals surface area contributed by atoms with Crippen LogP contribution in [0.15, 0.2) is 36.4 Å². The van der Waals surface area contributed by atoms with Crippen LogP contribution < -0.4 is 4.74 Å². The van der Waals surface area contributed by atoms with E-state index in [1.54, 1.807) is 31.4 Å². The molecule has 5 heteroatoms. The molecule has 1 aromatic rings. The van der Waals surface area contributed by atoms with E-state index >= 15 is 0 Å². The van der Waals surface area contributed by atoms with Crippen molar-refractivity contribution in [1.29, 1.82) is 0 Å². The van der Waals surface area contributed by atoms with Gasteiger partial charge in [0.2, 0.25) is 17.7 Å². The van der Waals surface area contributed by atoms with Crippen molar-refractivity contribution in [2.45, 2.75) is 12.8 Å². The molecule has 0 unspecified atom stereocenters. The standard InChI is InChI=1S/C20H19NO4/c1-25-11-4-2-10(3-5-11)8-16(22)21-19(23)17-12-6-7-13(15-9-14(12)15)18(17)20(21)24/h2-7,12-15,17-18H,8-9H2,1H3/t12-,13-,14-,15+,17+,18+/m0/s1. The molecule has 2 saturated carbocycles. The van der Waals surface area contributed by atoms with Gasteiger partial charge in [-0.3, -0.25) is 14.4 Å². The molecule has 2 bridgehead atoms. The number of ether oxygens (including phenoxy) is 1. The maximum atomic E-state index is 12.9. The Morgan fingerprint density at radius 1 is 1.04 bits per heavy atom. The molecule has 0 spiro atoms. The van der Waals surface area contributed by atoms with Crippen molar-refractivity contribution in [2.75, 3.05) is 7.11 Å². The van der Waals surface area contributed by atoms with Crippen molar-refractivity contribution in [3.8, 4) is 5.75 Å². The number of hydrogen-bond donors (Lipinski definition) is 0. The molecule has 1 aliphatic heterocycles. The number of carbonyl (C=O) groups excluding carboxylic acids is 3. The minimum Gasteiger partial charge on any atom is -0.497 e. The molecular weight excluding hydrogens is 318 g/mol. The number of hydrogen-bond acceptors (Lipinski definition) is 4. The predicted molar refractivity (Wildman–Crippen MR) is 88.3 cm³/mol. The van der Waals surface area contributed by atoms with E-state index in [2.05, 4.69) is 12.2 Å². The Hall–Kier alpha value is -2.43. The largest absolute Gasteiger partial charge is 0.497 e. The van der Waals surface area contributed by atoms with Crippen LogP contribution in [0.3, 0.4) is 0 Å². The van der Waals surface area contributed by atoms with E-state index in [1.165, 1.54) is 0 Å². The SMILES string of the molecule is COc1ccc(CC(=O)N2C(=O)[C@@H]3[C@H]4C=C[C@@H]([C@@H]5C[C@H]45)[C@H]3C2=O)cc1. The fourth-order valence-electron chi connectivity index (χ4n) is 5.20. The van der Waals surface area contributed by atoms with Gasteiger partial charge in [-0.2, -0.15) is 0 Å². The summed E-state index contributed by atoms with van der Waals surface area (Å²) in [6.07, 6.45) is 5.40. The highest BCUT2D eigenvalue weighted by molar-refractivity contribution is 6.18. The van der Waals surface area contributed by atoms with Gasteiger partial charge in [0.25, 0.3) is 0 Å². The molecule has 5 aliphatic rings. The van der Waals surface area contributed by atoms with Crippen molar-refractivity contribution in [1.82, 2.24) is 4.90 Å². The molecule has 0 aromatic heterocycles. The molecule has 0 N–H and O–H groups in total. The summed E-state index contributed by atoms with van der Waals surface area (Å²) >= 11 is 0. The fourth-order valence-corrected chi connectivity index (χ4v) is 5.20. The minimum atomic E-state index is -0.414. The summed E-state index contributed by atoms with van der Waals surface area (Å²) in [5.74, 6) is 0.494. The zero-order chi connectivity index (χ0) is 17.3. The molecule has 3 amide bonds. The molecule has 5 nitrogen and oxygen atoms in total. The molecule has 6 atom stereocenters. The molecule has 6 rings (SSSR count). The molecule has 128 valence electrons. The van der Waals surface area contributed by atoms with Gasteiger partial charge in [-0.1, -0.05) is 24.3 Å². The van der Waals surface area contributed by atoms with Gasteiger partial charge in [0.05, 0.1) is 25.4 Å². The lowest BCUT2D eigenvalue weighted by atomic mass is 9.63. The Kier molecular flexibility index (Phi) is 3.00. The third-order valence-corrected chi connectivity index (χ3v) is 6.43. The molecule has 0 radical (unpaired) electrons. The molecule has 4 aliphatic carbocycles. The molecule has 3 fully saturated rings. The van der Waals surface area contributed by atoms with Gasteiger partial charge in [0.1, 0.15) is 5.75 Å². The van der Waals surface area contributed by atoms with Gasteiger partial charge in [-0.15, -0.1) is 0 Å². The van der Waals surface area contributed by atoms with E-state index in [9.17, 15) is 14.4 Å². The van der Waals surface area contributed by atoms with Crippen LogP contribution in [0.5, 0.6) is 5.75 Å². The van der Waals surface area contributed by atoms with Crippen molar-refractivity contribution in [3.63, 3.8) is 0 Å². The maximum Gasteiger partial charge on any atom is 0.240 e. The van der Waals surface area contributed by atoms with Gasteiger partial charge in [0.15, 0.2) is 0 Å². The summed E-state index contributed by atoms with van der Waals surface area (Å²) in [5, 5.41) is 0. The zero-order valence-corrected chi connectivity index (χ0v) is 13.9. The number of allylic oxidation sites excluding steroid dienone is 2. The Morgan fingerprint density at radius 3 is 2.12 bits per heavy atom. The van der Waals surface area contributed by atoms with Gasteiger partial charge in [0, 0.05) is 0 Å². The van der Waals surface area contributed by atoms with Gasteiger partial charge < -0.3 is 4.74 Å². The predicted octanol–water partition coefficient (Wildman–Crippen LogP) is 1.82. The highest BCUT2D eigenvalue weighted by atomic mass is 16.5. The van der Waals surface area contributed by atoms with E-state index < -0.39 is 5.91 Å². The van der Waals surface area contributed by atoms with Crippen LogP contribution in [-0.2, 0) is 20.8 Å². The Morgan fingerprint density at radius 2 is 1.60 bits per heavy atom. The van der Waals surface area contributed by atoms with Crippen LogP contribution in [0.4, 0.5) is 0 Å². The van der Waals surface area contributed by atoms with Crippen molar-refractivity contribution >= 4 is 17.7 Å². The number of likely N-dealkylation sites (tertiary alicyclic amines) is 1. The maximum absolute atomic E-state index is 12.9. The van der Waals surface area contributed by atoms with E-state index in [4.69, 9.17) is 4.74 Å². The van der Waals surface area contributed by atoms with Crippen molar-refractivity contribution in [2.24, 2.45) is 35.5 Å². The molecule has 1 saturated heterocycles. The lowest BCUT2D eigenvalue weighted by Crippen LogP contribution is -2.40. The van der Waals surface area contributed by atoms with Crippen LogP contribution in [0.25, 0.3) is 0 Å². The summed E-state index contributed by atoms with van der Waals surface area (Å²) in [6.45, 7) is 0. The Bertz CT molecular complexity index is 775. The summed E-state index contributed by atoms with van der Waals surface area (Å²) in [5.41, 5.74) is 0.769. The number of methoxy groups -OCH3 is 1. The van der Waals surface area contributed by atoms with E-state index in [1.807, 2.05) is 0 Å². The van der Waals surface area contributed by atoms with E-state index in [0.717, 1.165) is 16.9 Å². The third kappa shape index (κ3) is 1.98. The van der Waals surface area contributed by atoms with E-state index in [0.29, 0.717) is 17.6 Å².